The SMILES string of the molecule is O=c1c2c3c(sc2nc(CNC2CC2)n1C1CC1)CCCC3. The molecule has 1 N–H and O–H groups in total. The van der Waals surface area contributed by atoms with E-state index >= 15 is 0 Å². The van der Waals surface area contributed by atoms with Crippen molar-refractivity contribution in [2.24, 2.45) is 0 Å². The Bertz CT molecular complexity index is 798. The van der Waals surface area contributed by atoms with Gasteiger partial charge in [0.2, 0.25) is 0 Å². The third kappa shape index (κ3) is 2.14. The van der Waals surface area contributed by atoms with Gasteiger partial charge < -0.3 is 5.32 Å². The van der Waals surface area contributed by atoms with Crippen molar-refractivity contribution in [3.05, 3.63) is 26.6 Å². The normalized spacial score (nSPS) is 21.3. The highest BCUT2D eigenvalue weighted by molar-refractivity contribution is 7.18. The van der Waals surface area contributed by atoms with Crippen molar-refractivity contribution in [1.82, 2.24) is 14.9 Å². The van der Waals surface area contributed by atoms with E-state index in [0.29, 0.717) is 12.1 Å². The molecule has 0 unspecified atom stereocenters. The van der Waals surface area contributed by atoms with Gasteiger partial charge in [0.15, 0.2) is 0 Å². The van der Waals surface area contributed by atoms with Crippen molar-refractivity contribution in [2.75, 3.05) is 0 Å². The maximum absolute atomic E-state index is 13.1. The molecule has 5 rings (SSSR count). The fourth-order valence-corrected chi connectivity index (χ4v) is 4.89. The van der Waals surface area contributed by atoms with Gasteiger partial charge in [-0.25, -0.2) is 4.98 Å². The molecule has 0 radical (unpaired) electrons. The Morgan fingerprint density at radius 3 is 2.77 bits per heavy atom. The smallest absolute Gasteiger partial charge is 0.262 e. The van der Waals surface area contributed by atoms with Gasteiger partial charge in [-0.1, -0.05) is 0 Å². The van der Waals surface area contributed by atoms with Gasteiger partial charge in [0, 0.05) is 17.0 Å². The Kier molecular flexibility index (Phi) is 2.95. The summed E-state index contributed by atoms with van der Waals surface area (Å²) in [7, 11) is 0. The minimum Gasteiger partial charge on any atom is -0.307 e. The Morgan fingerprint density at radius 2 is 2.00 bits per heavy atom. The number of nitrogens with zero attached hydrogens (tertiary/aromatic N) is 2. The number of hydrogen-bond acceptors (Lipinski definition) is 4. The first kappa shape index (κ1) is 13.3. The maximum atomic E-state index is 13.1. The van der Waals surface area contributed by atoms with Crippen LogP contribution in [0, 0.1) is 0 Å². The lowest BCUT2D eigenvalue weighted by Crippen LogP contribution is -2.28. The highest BCUT2D eigenvalue weighted by Gasteiger charge is 2.31. The van der Waals surface area contributed by atoms with Crippen LogP contribution in [0.15, 0.2) is 4.79 Å². The number of aryl methyl sites for hydroxylation is 2. The zero-order valence-electron chi connectivity index (χ0n) is 12.7. The van der Waals surface area contributed by atoms with Gasteiger partial charge in [0.1, 0.15) is 10.7 Å². The molecule has 0 saturated heterocycles. The van der Waals surface area contributed by atoms with Crippen LogP contribution in [0.5, 0.6) is 0 Å². The number of aromatic nitrogens is 2. The second-order valence-electron chi connectivity index (χ2n) is 6.98. The Balaban J connectivity index is 1.67. The predicted molar refractivity (Wildman–Crippen MR) is 88.7 cm³/mol. The molecule has 4 nitrogen and oxygen atoms in total. The molecule has 0 amide bonds. The lowest BCUT2D eigenvalue weighted by molar-refractivity contribution is 0.580. The summed E-state index contributed by atoms with van der Waals surface area (Å²) in [5.74, 6) is 0.963. The Hall–Kier alpha value is -1.20. The molecule has 3 aliphatic rings. The fourth-order valence-electron chi connectivity index (χ4n) is 3.62. The lowest BCUT2D eigenvalue weighted by Gasteiger charge is -2.13. The van der Waals surface area contributed by atoms with Crippen LogP contribution in [0.2, 0.25) is 0 Å². The molecular weight excluding hydrogens is 294 g/mol. The zero-order chi connectivity index (χ0) is 14.7. The number of hydrogen-bond donors (Lipinski definition) is 1. The van der Waals surface area contributed by atoms with Crippen LogP contribution in [0.4, 0.5) is 0 Å². The van der Waals surface area contributed by atoms with E-state index in [2.05, 4.69) is 5.32 Å². The zero-order valence-corrected chi connectivity index (χ0v) is 13.5. The highest BCUT2D eigenvalue weighted by Crippen LogP contribution is 2.38. The fraction of sp³-hybridized carbons (Fsp3) is 0.647. The minimum absolute atomic E-state index is 0.236. The van der Waals surface area contributed by atoms with E-state index in [4.69, 9.17) is 4.98 Å². The second kappa shape index (κ2) is 4.90. The molecule has 0 aromatic carbocycles. The monoisotopic (exact) mass is 315 g/mol. The number of nitrogens with one attached hydrogen (secondary N) is 1. The molecule has 0 bridgehead atoms. The third-order valence-electron chi connectivity index (χ3n) is 5.13. The average Bonchev–Trinajstić information content (AvgIpc) is 3.42. The topological polar surface area (TPSA) is 46.9 Å². The molecule has 0 atom stereocenters. The number of thiophene rings is 1. The summed E-state index contributed by atoms with van der Waals surface area (Å²) < 4.78 is 2.01. The highest BCUT2D eigenvalue weighted by atomic mass is 32.1. The summed E-state index contributed by atoms with van der Waals surface area (Å²) in [5, 5.41) is 4.48. The van der Waals surface area contributed by atoms with Crippen molar-refractivity contribution in [1.29, 1.82) is 0 Å². The molecule has 2 fully saturated rings. The second-order valence-corrected chi connectivity index (χ2v) is 8.06. The van der Waals surface area contributed by atoms with E-state index in [0.717, 1.165) is 48.3 Å². The van der Waals surface area contributed by atoms with Crippen LogP contribution in [-0.4, -0.2) is 15.6 Å². The molecule has 2 heterocycles. The van der Waals surface area contributed by atoms with Gasteiger partial charge in [-0.3, -0.25) is 9.36 Å². The van der Waals surface area contributed by atoms with Crippen LogP contribution in [0.25, 0.3) is 10.2 Å². The summed E-state index contributed by atoms with van der Waals surface area (Å²) in [6.45, 7) is 0.745. The van der Waals surface area contributed by atoms with E-state index < -0.39 is 0 Å². The summed E-state index contributed by atoms with van der Waals surface area (Å²) in [6, 6.07) is 1.05. The van der Waals surface area contributed by atoms with Gasteiger partial charge in [0.25, 0.3) is 5.56 Å². The van der Waals surface area contributed by atoms with Crippen LogP contribution in [0.1, 0.15) is 60.8 Å². The van der Waals surface area contributed by atoms with E-state index in [-0.39, 0.29) is 5.56 Å². The molecular formula is C17H21N3OS. The van der Waals surface area contributed by atoms with Crippen LogP contribution >= 0.6 is 11.3 Å². The predicted octanol–water partition coefficient (Wildman–Crippen LogP) is 2.92. The van der Waals surface area contributed by atoms with Crippen molar-refractivity contribution in [3.63, 3.8) is 0 Å². The summed E-state index contributed by atoms with van der Waals surface area (Å²) in [6.07, 6.45) is 9.48. The van der Waals surface area contributed by atoms with E-state index in [1.54, 1.807) is 11.3 Å². The summed E-state index contributed by atoms with van der Waals surface area (Å²) >= 11 is 1.77. The number of rotatable bonds is 4. The van der Waals surface area contributed by atoms with Crippen molar-refractivity contribution in [2.45, 2.75) is 70.0 Å². The van der Waals surface area contributed by atoms with E-state index in [1.807, 2.05) is 4.57 Å². The quantitative estimate of drug-likeness (QED) is 0.943. The van der Waals surface area contributed by atoms with Crippen molar-refractivity contribution < 1.29 is 0 Å². The Labute approximate surface area is 133 Å². The van der Waals surface area contributed by atoms with Gasteiger partial charge in [-0.15, -0.1) is 11.3 Å². The molecule has 2 saturated carbocycles. The van der Waals surface area contributed by atoms with Gasteiger partial charge in [-0.05, 0) is 56.9 Å². The first-order chi connectivity index (χ1) is 10.8. The summed E-state index contributed by atoms with van der Waals surface area (Å²) in [5.41, 5.74) is 1.55. The minimum atomic E-state index is 0.236. The molecule has 2 aromatic heterocycles. The standard InChI is InChI=1S/C17H21N3OS/c21-17-15-12-3-1-2-4-13(12)22-16(15)19-14(9-18-10-5-6-10)20(17)11-7-8-11/h10-11,18H,1-9H2. The molecule has 0 aliphatic heterocycles. The van der Waals surface area contributed by atoms with Gasteiger partial charge in [0.05, 0.1) is 11.9 Å². The van der Waals surface area contributed by atoms with Gasteiger partial charge in [-0.2, -0.15) is 0 Å². The molecule has 116 valence electrons. The Morgan fingerprint density at radius 1 is 1.18 bits per heavy atom. The molecule has 5 heteroatoms. The van der Waals surface area contributed by atoms with E-state index in [1.165, 1.54) is 36.1 Å². The van der Waals surface area contributed by atoms with Crippen molar-refractivity contribution in [3.8, 4) is 0 Å². The first-order valence-electron chi connectivity index (χ1n) is 8.60. The van der Waals surface area contributed by atoms with Crippen molar-refractivity contribution >= 4 is 21.6 Å². The number of fused-ring (bicyclic) bond motifs is 3. The first-order valence-corrected chi connectivity index (χ1v) is 9.42. The summed E-state index contributed by atoms with van der Waals surface area (Å²) in [4.78, 5) is 20.5. The molecule has 0 spiro atoms. The maximum Gasteiger partial charge on any atom is 0.262 e. The molecule has 3 aliphatic carbocycles. The van der Waals surface area contributed by atoms with Gasteiger partial charge >= 0.3 is 0 Å². The molecule has 22 heavy (non-hydrogen) atoms. The molecule has 2 aromatic rings. The van der Waals surface area contributed by atoms with Crippen LogP contribution in [0.3, 0.4) is 0 Å². The van der Waals surface area contributed by atoms with Crippen LogP contribution in [-0.2, 0) is 19.4 Å². The average molecular weight is 315 g/mol. The van der Waals surface area contributed by atoms with E-state index in [9.17, 15) is 4.79 Å². The largest absolute Gasteiger partial charge is 0.307 e. The third-order valence-corrected chi connectivity index (χ3v) is 6.32. The van der Waals surface area contributed by atoms with Crippen LogP contribution < -0.4 is 10.9 Å². The lowest BCUT2D eigenvalue weighted by atomic mass is 9.97.